The molecule has 2 aliphatic rings. The number of nitriles is 1. The zero-order valence-electron chi connectivity index (χ0n) is 16.2. The minimum absolute atomic E-state index is 0.167. The molecule has 2 aromatic rings. The van der Waals surface area contributed by atoms with E-state index in [4.69, 9.17) is 4.74 Å². The average Bonchev–Trinajstić information content (AvgIpc) is 3.17. The summed E-state index contributed by atoms with van der Waals surface area (Å²) in [5.41, 5.74) is 2.32. The van der Waals surface area contributed by atoms with Crippen LogP contribution in [0.5, 0.6) is 5.75 Å². The van der Waals surface area contributed by atoms with Crippen LogP contribution in [0.15, 0.2) is 42.5 Å². The number of carbonyl (C=O) groups excluding carboxylic acids is 1. The van der Waals surface area contributed by atoms with E-state index in [-0.39, 0.29) is 11.7 Å². The standard InChI is InChI=1S/C23H24FN3O2/c24-19-6-4-17(5-7-19)23(28)26-9-1-2-10-27-13-18-15-29-22-8-3-16(12-25)11-20(22)21(18)14-27/h3-8,11,18,21H,1-2,9-10,13-15H2,(H,26,28)/t18-,21+/m1/s1. The van der Waals surface area contributed by atoms with Crippen LogP contribution in [0, 0.1) is 23.1 Å². The lowest BCUT2D eigenvalue weighted by Crippen LogP contribution is -2.27. The molecular weight excluding hydrogens is 369 g/mol. The fourth-order valence-electron chi connectivity index (χ4n) is 4.27. The molecule has 2 aliphatic heterocycles. The molecule has 0 spiro atoms. The van der Waals surface area contributed by atoms with Gasteiger partial charge in [-0.25, -0.2) is 4.39 Å². The molecule has 2 atom stereocenters. The first kappa shape index (κ1) is 19.4. The Morgan fingerprint density at radius 3 is 2.83 bits per heavy atom. The number of fused-ring (bicyclic) bond motifs is 3. The van der Waals surface area contributed by atoms with Gasteiger partial charge in [-0.3, -0.25) is 4.79 Å². The van der Waals surface area contributed by atoms with Crippen molar-refractivity contribution in [3.63, 3.8) is 0 Å². The fraction of sp³-hybridized carbons (Fsp3) is 0.391. The highest BCUT2D eigenvalue weighted by Crippen LogP contribution is 2.41. The maximum atomic E-state index is 12.9. The first-order valence-electron chi connectivity index (χ1n) is 10.1. The molecule has 6 heteroatoms. The minimum atomic E-state index is -0.343. The van der Waals surface area contributed by atoms with Gasteiger partial charge in [0, 0.05) is 42.6 Å². The van der Waals surface area contributed by atoms with Gasteiger partial charge in [0.15, 0.2) is 0 Å². The van der Waals surface area contributed by atoms with Crippen molar-refractivity contribution in [1.29, 1.82) is 5.26 Å². The largest absolute Gasteiger partial charge is 0.493 e. The number of carbonyl (C=O) groups is 1. The molecule has 0 bridgehead atoms. The summed E-state index contributed by atoms with van der Waals surface area (Å²) >= 11 is 0. The fourth-order valence-corrected chi connectivity index (χ4v) is 4.27. The van der Waals surface area contributed by atoms with Crippen LogP contribution in [-0.4, -0.2) is 43.6 Å². The average molecular weight is 393 g/mol. The maximum Gasteiger partial charge on any atom is 0.251 e. The van der Waals surface area contributed by atoms with Gasteiger partial charge in [-0.15, -0.1) is 0 Å². The number of nitrogens with one attached hydrogen (secondary N) is 1. The van der Waals surface area contributed by atoms with Gasteiger partial charge in [0.05, 0.1) is 18.2 Å². The van der Waals surface area contributed by atoms with Crippen LogP contribution in [0.4, 0.5) is 4.39 Å². The van der Waals surface area contributed by atoms with Crippen LogP contribution < -0.4 is 10.1 Å². The van der Waals surface area contributed by atoms with Crippen molar-refractivity contribution in [1.82, 2.24) is 10.2 Å². The summed E-state index contributed by atoms with van der Waals surface area (Å²) in [5, 5.41) is 12.1. The zero-order valence-corrected chi connectivity index (χ0v) is 16.2. The molecule has 1 fully saturated rings. The topological polar surface area (TPSA) is 65.4 Å². The van der Waals surface area contributed by atoms with E-state index in [1.165, 1.54) is 24.3 Å². The first-order chi connectivity index (χ1) is 14.1. The van der Waals surface area contributed by atoms with E-state index < -0.39 is 0 Å². The normalized spacial score (nSPS) is 20.3. The molecule has 4 rings (SSSR count). The van der Waals surface area contributed by atoms with Crippen molar-refractivity contribution in [3.8, 4) is 11.8 Å². The van der Waals surface area contributed by atoms with Gasteiger partial charge >= 0.3 is 0 Å². The van der Waals surface area contributed by atoms with Crippen LogP contribution in [0.25, 0.3) is 0 Å². The third-order valence-corrected chi connectivity index (χ3v) is 5.80. The highest BCUT2D eigenvalue weighted by atomic mass is 19.1. The molecule has 29 heavy (non-hydrogen) atoms. The molecule has 0 saturated carbocycles. The van der Waals surface area contributed by atoms with Crippen molar-refractivity contribution in [2.24, 2.45) is 5.92 Å². The first-order valence-corrected chi connectivity index (χ1v) is 10.1. The molecule has 2 aromatic carbocycles. The number of halogens is 1. The molecule has 0 aromatic heterocycles. The van der Waals surface area contributed by atoms with Gasteiger partial charge in [-0.05, 0) is 61.9 Å². The van der Waals surface area contributed by atoms with Gasteiger partial charge in [-0.1, -0.05) is 0 Å². The SMILES string of the molecule is N#Cc1ccc2c(c1)[C@H]1CN(CCCCNC(=O)c3ccc(F)cc3)C[C@@H]1CO2. The van der Waals surface area contributed by atoms with Gasteiger partial charge in [0.25, 0.3) is 5.91 Å². The predicted molar refractivity (Wildman–Crippen MR) is 107 cm³/mol. The highest BCUT2D eigenvalue weighted by molar-refractivity contribution is 5.94. The van der Waals surface area contributed by atoms with Crippen molar-refractivity contribution in [2.75, 3.05) is 32.8 Å². The maximum absolute atomic E-state index is 12.9. The van der Waals surface area contributed by atoms with Crippen molar-refractivity contribution in [3.05, 3.63) is 65.0 Å². The van der Waals surface area contributed by atoms with Crippen molar-refractivity contribution < 1.29 is 13.9 Å². The van der Waals surface area contributed by atoms with Crippen molar-refractivity contribution in [2.45, 2.75) is 18.8 Å². The van der Waals surface area contributed by atoms with Crippen LogP contribution in [0.1, 0.15) is 40.2 Å². The second-order valence-electron chi connectivity index (χ2n) is 7.77. The number of benzene rings is 2. The number of nitrogens with zero attached hydrogens (tertiary/aromatic N) is 2. The molecular formula is C23H24FN3O2. The molecule has 5 nitrogen and oxygen atoms in total. The lowest BCUT2D eigenvalue weighted by atomic mass is 9.86. The summed E-state index contributed by atoms with van der Waals surface area (Å²) < 4.78 is 18.8. The molecule has 2 heterocycles. The smallest absolute Gasteiger partial charge is 0.251 e. The molecule has 0 unspecified atom stereocenters. The number of ether oxygens (including phenoxy) is 1. The van der Waals surface area contributed by atoms with Crippen LogP contribution >= 0.6 is 0 Å². The van der Waals surface area contributed by atoms with E-state index >= 15 is 0 Å². The Balaban J connectivity index is 1.22. The third kappa shape index (κ3) is 4.41. The molecule has 150 valence electrons. The van der Waals surface area contributed by atoms with Gasteiger partial charge < -0.3 is 15.0 Å². The second-order valence-corrected chi connectivity index (χ2v) is 7.77. The van der Waals surface area contributed by atoms with Crippen LogP contribution in [0.2, 0.25) is 0 Å². The van der Waals surface area contributed by atoms with Crippen molar-refractivity contribution >= 4 is 5.91 Å². The quantitative estimate of drug-likeness (QED) is 0.765. The Labute approximate surface area is 170 Å². The molecule has 1 amide bonds. The van der Waals surface area contributed by atoms with E-state index in [1.54, 1.807) is 0 Å². The summed E-state index contributed by atoms with van der Waals surface area (Å²) in [5.74, 6) is 1.29. The third-order valence-electron chi connectivity index (χ3n) is 5.80. The molecule has 0 radical (unpaired) electrons. The Morgan fingerprint density at radius 1 is 1.21 bits per heavy atom. The van der Waals surface area contributed by atoms with E-state index in [0.29, 0.717) is 29.5 Å². The van der Waals surface area contributed by atoms with Gasteiger partial charge in [0.1, 0.15) is 11.6 Å². The summed E-state index contributed by atoms with van der Waals surface area (Å²) in [7, 11) is 0. The number of rotatable bonds is 6. The highest BCUT2D eigenvalue weighted by Gasteiger charge is 2.38. The van der Waals surface area contributed by atoms with E-state index in [9.17, 15) is 14.4 Å². The number of unbranched alkanes of at least 4 members (excludes halogenated alkanes) is 1. The van der Waals surface area contributed by atoms with E-state index in [1.807, 2.05) is 18.2 Å². The number of hydrogen-bond donors (Lipinski definition) is 1. The van der Waals surface area contributed by atoms with Crippen LogP contribution in [0.3, 0.4) is 0 Å². The van der Waals surface area contributed by atoms with E-state index in [2.05, 4.69) is 16.3 Å². The molecule has 1 N–H and O–H groups in total. The lowest BCUT2D eigenvalue weighted by molar-refractivity contribution is 0.0952. The Hall–Kier alpha value is -2.91. The Morgan fingerprint density at radius 2 is 2.03 bits per heavy atom. The second kappa shape index (κ2) is 8.62. The predicted octanol–water partition coefficient (Wildman–Crippen LogP) is 3.32. The summed E-state index contributed by atoms with van der Waals surface area (Å²) in [6, 6.07) is 13.5. The van der Waals surface area contributed by atoms with E-state index in [0.717, 1.165) is 50.4 Å². The minimum Gasteiger partial charge on any atom is -0.493 e. The number of amides is 1. The monoisotopic (exact) mass is 393 g/mol. The summed E-state index contributed by atoms with van der Waals surface area (Å²) in [6.45, 7) is 4.30. The van der Waals surface area contributed by atoms with Gasteiger partial charge in [-0.2, -0.15) is 5.26 Å². The van der Waals surface area contributed by atoms with Gasteiger partial charge in [0.2, 0.25) is 0 Å². The summed E-state index contributed by atoms with van der Waals surface area (Å²) in [6.07, 6.45) is 1.89. The number of hydrogen-bond acceptors (Lipinski definition) is 4. The summed E-state index contributed by atoms with van der Waals surface area (Å²) in [4.78, 5) is 14.5. The zero-order chi connectivity index (χ0) is 20.2. The molecule has 0 aliphatic carbocycles. The number of likely N-dealkylation sites (tertiary alicyclic amines) is 1. The molecule has 1 saturated heterocycles. The Kier molecular flexibility index (Phi) is 5.77. The Bertz CT molecular complexity index is 923. The lowest BCUT2D eigenvalue weighted by Gasteiger charge is -2.27. The van der Waals surface area contributed by atoms with Crippen LogP contribution in [-0.2, 0) is 0 Å².